The fourth-order valence-electron chi connectivity index (χ4n) is 1.03. The predicted molar refractivity (Wildman–Crippen MR) is 51.4 cm³/mol. The van der Waals surface area contributed by atoms with Gasteiger partial charge in [0.2, 0.25) is 0 Å². The lowest BCUT2D eigenvalue weighted by atomic mass is 10.3. The summed E-state index contributed by atoms with van der Waals surface area (Å²) in [5.74, 6) is 0.779. The van der Waals surface area contributed by atoms with Gasteiger partial charge in [-0.25, -0.2) is 4.99 Å². The summed E-state index contributed by atoms with van der Waals surface area (Å²) in [6, 6.07) is 0.552. The number of aliphatic imine (C=N–C) groups is 1. The Kier molecular flexibility index (Phi) is 3.61. The van der Waals surface area contributed by atoms with Gasteiger partial charge in [-0.05, 0) is 20.8 Å². The molecule has 1 N–H and O–H groups in total. The zero-order chi connectivity index (χ0) is 9.68. The lowest BCUT2D eigenvalue weighted by Gasteiger charge is -2.19. The molecule has 1 heterocycles. The van der Waals surface area contributed by atoms with Crippen molar-refractivity contribution >= 4 is 6.02 Å². The lowest BCUT2D eigenvalue weighted by molar-refractivity contribution is 0.200. The van der Waals surface area contributed by atoms with Crippen molar-refractivity contribution in [2.45, 2.75) is 20.8 Å². The van der Waals surface area contributed by atoms with Crippen molar-refractivity contribution < 1.29 is 9.47 Å². The molecule has 1 aliphatic rings. The van der Waals surface area contributed by atoms with Crippen LogP contribution in [-0.4, -0.2) is 25.8 Å². The van der Waals surface area contributed by atoms with Crippen molar-refractivity contribution in [3.8, 4) is 0 Å². The Labute approximate surface area is 78.6 Å². The van der Waals surface area contributed by atoms with Crippen molar-refractivity contribution in [1.82, 2.24) is 5.32 Å². The lowest BCUT2D eigenvalue weighted by Crippen LogP contribution is -2.31. The van der Waals surface area contributed by atoms with Crippen LogP contribution in [0, 0.1) is 0 Å². The van der Waals surface area contributed by atoms with Gasteiger partial charge in [0.15, 0.2) is 5.88 Å². The summed E-state index contributed by atoms with van der Waals surface area (Å²) in [5, 5.41) is 2.99. The summed E-state index contributed by atoms with van der Waals surface area (Å²) in [4.78, 5) is 4.18. The number of nitrogens with one attached hydrogen (secondary N) is 1. The van der Waals surface area contributed by atoms with Crippen LogP contribution in [0.25, 0.3) is 0 Å². The predicted octanol–water partition coefficient (Wildman–Crippen LogP) is 1.25. The van der Waals surface area contributed by atoms with Gasteiger partial charge >= 0.3 is 0 Å². The van der Waals surface area contributed by atoms with Crippen LogP contribution in [0.5, 0.6) is 0 Å². The molecule has 4 nitrogen and oxygen atoms in total. The Morgan fingerprint density at radius 3 is 2.62 bits per heavy atom. The van der Waals surface area contributed by atoms with Crippen molar-refractivity contribution in [3.63, 3.8) is 0 Å². The minimum Gasteiger partial charge on any atom is -0.479 e. The van der Waals surface area contributed by atoms with Gasteiger partial charge in [0.1, 0.15) is 0 Å². The maximum absolute atomic E-state index is 5.38. The molecule has 0 spiro atoms. The Morgan fingerprint density at radius 2 is 2.00 bits per heavy atom. The number of hydrogen-bond donors (Lipinski definition) is 1. The molecular weight excluding hydrogens is 168 g/mol. The summed E-state index contributed by atoms with van der Waals surface area (Å²) in [5.41, 5.74) is 1.10. The number of hydrogen-bond acceptors (Lipinski definition) is 4. The number of rotatable bonds is 3. The number of ether oxygens (including phenoxy) is 2. The van der Waals surface area contributed by atoms with Crippen molar-refractivity contribution in [2.24, 2.45) is 4.99 Å². The quantitative estimate of drug-likeness (QED) is 0.717. The molecule has 0 bridgehead atoms. The van der Waals surface area contributed by atoms with Gasteiger partial charge in [0.25, 0.3) is 6.02 Å². The smallest absolute Gasteiger partial charge is 0.291 e. The van der Waals surface area contributed by atoms with Gasteiger partial charge < -0.3 is 9.47 Å². The highest BCUT2D eigenvalue weighted by atomic mass is 16.5. The standard InChI is InChI=1S/C9H16N2O2/c1-4-12-8-7(3)6-10-9(11-8)13-5-2/h4-6H2,1-3H3,(H,10,11). The summed E-state index contributed by atoms with van der Waals surface area (Å²) in [7, 11) is 0. The first-order valence-corrected chi connectivity index (χ1v) is 4.54. The minimum absolute atomic E-state index is 0.552. The van der Waals surface area contributed by atoms with Crippen LogP contribution < -0.4 is 5.32 Å². The molecule has 0 aromatic rings. The molecular formula is C9H16N2O2. The van der Waals surface area contributed by atoms with Gasteiger partial charge in [-0.15, -0.1) is 0 Å². The highest BCUT2D eigenvalue weighted by molar-refractivity contribution is 5.76. The Hall–Kier alpha value is -1.19. The monoisotopic (exact) mass is 184 g/mol. The van der Waals surface area contributed by atoms with Crippen molar-refractivity contribution in [3.05, 3.63) is 11.5 Å². The average molecular weight is 184 g/mol. The van der Waals surface area contributed by atoms with Gasteiger partial charge in [-0.3, -0.25) is 5.32 Å². The fraction of sp³-hybridized carbons (Fsp3) is 0.667. The zero-order valence-electron chi connectivity index (χ0n) is 8.39. The molecule has 1 rings (SSSR count). The normalized spacial score (nSPS) is 16.4. The first-order valence-electron chi connectivity index (χ1n) is 4.54. The van der Waals surface area contributed by atoms with E-state index < -0.39 is 0 Å². The van der Waals surface area contributed by atoms with Crippen LogP contribution in [0.3, 0.4) is 0 Å². The zero-order valence-corrected chi connectivity index (χ0v) is 8.39. The van der Waals surface area contributed by atoms with E-state index in [9.17, 15) is 0 Å². The molecule has 0 atom stereocenters. The second-order valence-electron chi connectivity index (χ2n) is 2.72. The van der Waals surface area contributed by atoms with Crippen LogP contribution in [-0.2, 0) is 9.47 Å². The third-order valence-corrected chi connectivity index (χ3v) is 1.64. The summed E-state index contributed by atoms with van der Waals surface area (Å²) in [6.45, 7) is 7.79. The van der Waals surface area contributed by atoms with Crippen LogP contribution in [0.1, 0.15) is 20.8 Å². The molecule has 0 aromatic heterocycles. The maximum atomic E-state index is 5.38. The van der Waals surface area contributed by atoms with Gasteiger partial charge in [-0.2, -0.15) is 0 Å². The molecule has 4 heteroatoms. The molecule has 0 unspecified atom stereocenters. The van der Waals surface area contributed by atoms with E-state index in [4.69, 9.17) is 9.47 Å². The molecule has 0 aromatic carbocycles. The topological polar surface area (TPSA) is 42.9 Å². The molecule has 74 valence electrons. The van der Waals surface area contributed by atoms with Crippen molar-refractivity contribution in [1.29, 1.82) is 0 Å². The van der Waals surface area contributed by atoms with E-state index in [1.807, 2.05) is 20.8 Å². The van der Waals surface area contributed by atoms with E-state index in [0.717, 1.165) is 11.5 Å². The maximum Gasteiger partial charge on any atom is 0.291 e. The second-order valence-corrected chi connectivity index (χ2v) is 2.72. The fourth-order valence-corrected chi connectivity index (χ4v) is 1.03. The molecule has 0 radical (unpaired) electrons. The number of amidine groups is 1. The van der Waals surface area contributed by atoms with E-state index in [-0.39, 0.29) is 0 Å². The molecule has 0 saturated carbocycles. The largest absolute Gasteiger partial charge is 0.479 e. The Morgan fingerprint density at radius 1 is 1.31 bits per heavy atom. The van der Waals surface area contributed by atoms with Gasteiger partial charge in [-0.1, -0.05) is 0 Å². The molecule has 13 heavy (non-hydrogen) atoms. The highest BCUT2D eigenvalue weighted by Crippen LogP contribution is 2.08. The third-order valence-electron chi connectivity index (χ3n) is 1.64. The summed E-state index contributed by atoms with van der Waals surface area (Å²) < 4.78 is 10.6. The van der Waals surface area contributed by atoms with Crippen LogP contribution in [0.2, 0.25) is 0 Å². The third kappa shape index (κ3) is 2.65. The Balaban J connectivity index is 2.54. The second kappa shape index (κ2) is 4.74. The van der Waals surface area contributed by atoms with Crippen LogP contribution >= 0.6 is 0 Å². The first kappa shape index (κ1) is 9.89. The van der Waals surface area contributed by atoms with E-state index in [1.54, 1.807) is 0 Å². The first-order chi connectivity index (χ1) is 6.27. The molecule has 0 aliphatic carbocycles. The van der Waals surface area contributed by atoms with E-state index in [2.05, 4.69) is 10.3 Å². The van der Waals surface area contributed by atoms with Crippen LogP contribution in [0.15, 0.2) is 16.4 Å². The van der Waals surface area contributed by atoms with E-state index >= 15 is 0 Å². The molecule has 0 saturated heterocycles. The SMILES string of the molecule is CCOC1=NCC(C)=C(OCC)N1. The molecule has 0 amide bonds. The van der Waals surface area contributed by atoms with Gasteiger partial charge in [0.05, 0.1) is 19.8 Å². The van der Waals surface area contributed by atoms with Crippen LogP contribution in [0.4, 0.5) is 0 Å². The Bertz CT molecular complexity index is 234. The highest BCUT2D eigenvalue weighted by Gasteiger charge is 2.12. The van der Waals surface area contributed by atoms with Gasteiger partial charge in [0, 0.05) is 5.57 Å². The molecule has 0 fully saturated rings. The minimum atomic E-state index is 0.552. The summed E-state index contributed by atoms with van der Waals surface area (Å²) >= 11 is 0. The number of nitrogens with zero attached hydrogens (tertiary/aromatic N) is 1. The average Bonchev–Trinajstić information content (AvgIpc) is 2.12. The van der Waals surface area contributed by atoms with E-state index in [1.165, 1.54) is 0 Å². The van der Waals surface area contributed by atoms with E-state index in [0.29, 0.717) is 25.8 Å². The summed E-state index contributed by atoms with van der Waals surface area (Å²) in [6.07, 6.45) is 0. The molecule has 1 aliphatic heterocycles. The van der Waals surface area contributed by atoms with Crippen molar-refractivity contribution in [2.75, 3.05) is 19.8 Å².